The minimum atomic E-state index is 0.228. The summed E-state index contributed by atoms with van der Waals surface area (Å²) in [5.74, 6) is 0.665. The van der Waals surface area contributed by atoms with Crippen LogP contribution in [0.15, 0.2) is 24.3 Å². The van der Waals surface area contributed by atoms with E-state index in [2.05, 4.69) is 55.4 Å². The average Bonchev–Trinajstić information content (AvgIpc) is 2.37. The Balaban J connectivity index is 2.52. The van der Waals surface area contributed by atoms with Crippen molar-refractivity contribution in [1.82, 2.24) is 14.5 Å². The minimum Gasteiger partial charge on any atom is -0.383 e. The number of rotatable bonds is 3. The first-order valence-electron chi connectivity index (χ1n) is 6.67. The summed E-state index contributed by atoms with van der Waals surface area (Å²) in [6.07, 6.45) is 0.767. The van der Waals surface area contributed by atoms with Gasteiger partial charge in [-0.2, -0.15) is 4.98 Å². The number of hydrogen-bond acceptors (Lipinski definition) is 4. The highest BCUT2D eigenvalue weighted by Gasteiger charge is 2.15. The quantitative estimate of drug-likeness (QED) is 0.838. The largest absolute Gasteiger partial charge is 0.383 e. The fourth-order valence-electron chi connectivity index (χ4n) is 2.19. The van der Waals surface area contributed by atoms with E-state index in [4.69, 9.17) is 11.5 Å². The Morgan fingerprint density at radius 2 is 1.60 bits per heavy atom. The lowest BCUT2D eigenvalue weighted by molar-refractivity contribution is 0.486. The summed E-state index contributed by atoms with van der Waals surface area (Å²) in [6.45, 7) is 2.03. The Labute approximate surface area is 119 Å². The number of hydrogen-bond donors (Lipinski definition) is 2. The second-order valence-corrected chi connectivity index (χ2v) is 5.70. The van der Waals surface area contributed by atoms with Gasteiger partial charge in [0.25, 0.3) is 0 Å². The van der Waals surface area contributed by atoms with Crippen LogP contribution in [0, 0.1) is 0 Å². The number of anilines is 2. The number of benzene rings is 1. The number of quaternary nitrogens is 1. The normalized spacial score (nSPS) is 11.6. The van der Waals surface area contributed by atoms with Crippen molar-refractivity contribution in [3.63, 3.8) is 0 Å². The molecule has 1 aromatic heterocycles. The molecule has 2 aromatic rings. The molecule has 5 nitrogen and oxygen atoms in total. The maximum Gasteiger partial charge on any atom is 0.222 e. The molecular weight excluding hydrogens is 250 g/mol. The molecule has 0 aliphatic carbocycles. The van der Waals surface area contributed by atoms with Gasteiger partial charge in [0.05, 0.1) is 26.8 Å². The van der Waals surface area contributed by atoms with Gasteiger partial charge in [-0.25, -0.2) is 4.98 Å². The Morgan fingerprint density at radius 1 is 1.00 bits per heavy atom. The Kier molecular flexibility index (Phi) is 3.63. The summed E-state index contributed by atoms with van der Waals surface area (Å²) in [6, 6.07) is 8.32. The lowest BCUT2D eigenvalue weighted by Gasteiger charge is -2.23. The highest BCUT2D eigenvalue weighted by atomic mass is 15.3. The third kappa shape index (κ3) is 2.72. The number of nitrogen functional groups attached to an aromatic ring is 2. The van der Waals surface area contributed by atoms with Gasteiger partial charge in [-0.1, -0.05) is 6.92 Å². The van der Waals surface area contributed by atoms with E-state index < -0.39 is 0 Å². The van der Waals surface area contributed by atoms with Crippen LogP contribution in [-0.2, 0) is 6.42 Å². The molecule has 4 N–H and O–H groups in total. The van der Waals surface area contributed by atoms with Gasteiger partial charge in [0, 0.05) is 5.56 Å². The summed E-state index contributed by atoms with van der Waals surface area (Å²) in [7, 11) is 6.40. The fraction of sp³-hybridized carbons (Fsp3) is 0.333. The van der Waals surface area contributed by atoms with Crippen LogP contribution < -0.4 is 16.0 Å². The Morgan fingerprint density at radius 3 is 2.10 bits per heavy atom. The van der Waals surface area contributed by atoms with E-state index in [1.165, 1.54) is 5.69 Å². The van der Waals surface area contributed by atoms with Crippen LogP contribution in [0.1, 0.15) is 12.6 Å². The van der Waals surface area contributed by atoms with Gasteiger partial charge in [-0.05, 0) is 36.2 Å². The summed E-state index contributed by atoms with van der Waals surface area (Å²) >= 11 is 0. The van der Waals surface area contributed by atoms with Crippen molar-refractivity contribution >= 4 is 17.5 Å². The highest BCUT2D eigenvalue weighted by Crippen LogP contribution is 2.30. The average molecular weight is 272 g/mol. The molecule has 0 spiro atoms. The van der Waals surface area contributed by atoms with Crippen molar-refractivity contribution < 1.29 is 0 Å². The fourth-order valence-corrected chi connectivity index (χ4v) is 2.19. The molecule has 0 saturated heterocycles. The molecule has 1 aromatic carbocycles. The molecule has 0 amide bonds. The first kappa shape index (κ1) is 14.3. The third-order valence-corrected chi connectivity index (χ3v) is 3.29. The van der Waals surface area contributed by atoms with Gasteiger partial charge in [-0.3, -0.25) is 4.48 Å². The molecule has 0 aliphatic rings. The smallest absolute Gasteiger partial charge is 0.222 e. The van der Waals surface area contributed by atoms with Crippen LogP contribution in [0.2, 0.25) is 0 Å². The third-order valence-electron chi connectivity index (χ3n) is 3.29. The zero-order chi connectivity index (χ0) is 14.9. The molecule has 2 rings (SSSR count). The second kappa shape index (κ2) is 5.09. The van der Waals surface area contributed by atoms with Crippen molar-refractivity contribution in [2.24, 2.45) is 0 Å². The van der Waals surface area contributed by atoms with Crippen molar-refractivity contribution in [2.75, 3.05) is 32.6 Å². The molecule has 0 aliphatic heterocycles. The first-order chi connectivity index (χ1) is 9.32. The van der Waals surface area contributed by atoms with E-state index in [0.29, 0.717) is 5.82 Å². The number of nitrogens with two attached hydrogens (primary N) is 2. The molecule has 1 heterocycles. The van der Waals surface area contributed by atoms with Gasteiger partial charge in [0.1, 0.15) is 11.5 Å². The standard InChI is InChI=1S/C15H22N5/c1-5-12-13(14(16)19-15(17)18-12)10-6-8-11(9-7-10)20(2,3)4/h6-9H,5H2,1-4H3,(H4,16,17,18,19)/q+1. The molecule has 0 radical (unpaired) electrons. The van der Waals surface area contributed by atoms with E-state index >= 15 is 0 Å². The Hall–Kier alpha value is -2.14. The summed E-state index contributed by atoms with van der Waals surface area (Å²) in [4.78, 5) is 8.35. The van der Waals surface area contributed by atoms with Crippen molar-refractivity contribution in [2.45, 2.75) is 13.3 Å². The van der Waals surface area contributed by atoms with E-state index in [1.54, 1.807) is 0 Å². The zero-order valence-electron chi connectivity index (χ0n) is 12.5. The molecule has 106 valence electrons. The monoisotopic (exact) mass is 272 g/mol. The first-order valence-corrected chi connectivity index (χ1v) is 6.67. The number of aryl methyl sites for hydroxylation is 1. The van der Waals surface area contributed by atoms with Crippen molar-refractivity contribution in [3.8, 4) is 11.1 Å². The molecular formula is C15H22N5+. The summed E-state index contributed by atoms with van der Waals surface area (Å²) < 4.78 is 0.772. The summed E-state index contributed by atoms with van der Waals surface area (Å²) in [5, 5.41) is 0. The van der Waals surface area contributed by atoms with Crippen LogP contribution in [0.4, 0.5) is 17.5 Å². The molecule has 0 atom stereocenters. The van der Waals surface area contributed by atoms with Crippen LogP contribution in [0.3, 0.4) is 0 Å². The molecule has 0 saturated carbocycles. The maximum atomic E-state index is 6.02. The van der Waals surface area contributed by atoms with Gasteiger partial charge in [-0.15, -0.1) is 0 Å². The molecule has 0 bridgehead atoms. The molecule has 0 fully saturated rings. The van der Waals surface area contributed by atoms with E-state index in [1.807, 2.05) is 6.92 Å². The van der Waals surface area contributed by atoms with Crippen LogP contribution in [0.25, 0.3) is 11.1 Å². The van der Waals surface area contributed by atoms with Gasteiger partial charge in [0.2, 0.25) is 5.95 Å². The van der Waals surface area contributed by atoms with Crippen LogP contribution in [0.5, 0.6) is 0 Å². The van der Waals surface area contributed by atoms with E-state index in [0.717, 1.165) is 27.7 Å². The van der Waals surface area contributed by atoms with Gasteiger partial charge >= 0.3 is 0 Å². The molecule has 0 unspecified atom stereocenters. The van der Waals surface area contributed by atoms with Crippen LogP contribution >= 0.6 is 0 Å². The van der Waals surface area contributed by atoms with Gasteiger partial charge < -0.3 is 11.5 Å². The topological polar surface area (TPSA) is 77.8 Å². The van der Waals surface area contributed by atoms with E-state index in [-0.39, 0.29) is 5.95 Å². The maximum absolute atomic E-state index is 6.02. The highest BCUT2D eigenvalue weighted by molar-refractivity contribution is 5.77. The summed E-state index contributed by atoms with van der Waals surface area (Å²) in [5.41, 5.74) is 15.7. The second-order valence-electron chi connectivity index (χ2n) is 5.70. The minimum absolute atomic E-state index is 0.228. The molecule has 5 heteroatoms. The number of aromatic nitrogens is 2. The molecule has 20 heavy (non-hydrogen) atoms. The van der Waals surface area contributed by atoms with Crippen molar-refractivity contribution in [3.05, 3.63) is 30.0 Å². The lowest BCUT2D eigenvalue weighted by Crippen LogP contribution is -2.34. The predicted octanol–water partition coefficient (Wildman–Crippen LogP) is 2.07. The van der Waals surface area contributed by atoms with Gasteiger partial charge in [0.15, 0.2) is 0 Å². The van der Waals surface area contributed by atoms with E-state index in [9.17, 15) is 0 Å². The van der Waals surface area contributed by atoms with Crippen molar-refractivity contribution in [1.29, 1.82) is 0 Å². The Bertz CT molecular complexity index is 611. The zero-order valence-corrected chi connectivity index (χ0v) is 12.5. The van der Waals surface area contributed by atoms with Crippen LogP contribution in [-0.4, -0.2) is 31.1 Å². The SMILES string of the molecule is CCc1nc(N)nc(N)c1-c1ccc([N+](C)(C)C)cc1. The lowest BCUT2D eigenvalue weighted by atomic mass is 10.0. The predicted molar refractivity (Wildman–Crippen MR) is 85.2 cm³/mol. The number of nitrogens with zero attached hydrogens (tertiary/aromatic N) is 3.